The largest absolute Gasteiger partial charge is 0.508 e. The fraction of sp³-hybridized carbons (Fsp3) is 0.462. The van der Waals surface area contributed by atoms with Gasteiger partial charge in [0.25, 0.3) is 0 Å². The zero-order valence-corrected chi connectivity index (χ0v) is 9.19. The van der Waals surface area contributed by atoms with Crippen LogP contribution in [0.5, 0.6) is 5.75 Å². The van der Waals surface area contributed by atoms with Gasteiger partial charge in [-0.2, -0.15) is 5.26 Å². The van der Waals surface area contributed by atoms with E-state index >= 15 is 0 Å². The van der Waals surface area contributed by atoms with Crippen molar-refractivity contribution in [2.75, 3.05) is 0 Å². The monoisotopic (exact) mass is 216 g/mol. The smallest absolute Gasteiger partial charge is 0.115 e. The number of nitriles is 1. The van der Waals surface area contributed by atoms with Crippen LogP contribution in [0.15, 0.2) is 24.3 Å². The summed E-state index contributed by atoms with van der Waals surface area (Å²) in [7, 11) is 0. The predicted octanol–water partition coefficient (Wildman–Crippen LogP) is 2.17. The minimum Gasteiger partial charge on any atom is -0.508 e. The van der Waals surface area contributed by atoms with Crippen molar-refractivity contribution in [2.24, 2.45) is 5.92 Å². The summed E-state index contributed by atoms with van der Waals surface area (Å²) < 4.78 is 0. The van der Waals surface area contributed by atoms with Crippen LogP contribution in [-0.4, -0.2) is 11.1 Å². The van der Waals surface area contributed by atoms with E-state index in [9.17, 15) is 0 Å². The molecule has 1 saturated carbocycles. The van der Waals surface area contributed by atoms with Gasteiger partial charge in [-0.1, -0.05) is 18.6 Å². The molecule has 0 heterocycles. The van der Waals surface area contributed by atoms with Crippen molar-refractivity contribution < 1.29 is 5.11 Å². The third-order valence-corrected chi connectivity index (χ3v) is 3.19. The number of hydrogen-bond acceptors (Lipinski definition) is 3. The number of hydrogen-bond donors (Lipinski definition) is 2. The van der Waals surface area contributed by atoms with Gasteiger partial charge in [-0.3, -0.25) is 0 Å². The number of rotatable bonds is 3. The molecule has 2 rings (SSSR count). The molecule has 1 fully saturated rings. The number of phenolic OH excluding ortho intramolecular Hbond substituents is 1. The third-order valence-electron chi connectivity index (χ3n) is 3.19. The molecule has 3 nitrogen and oxygen atoms in total. The first-order valence-electron chi connectivity index (χ1n) is 5.70. The van der Waals surface area contributed by atoms with Crippen LogP contribution >= 0.6 is 0 Å². The molecule has 0 bridgehead atoms. The molecule has 2 unspecified atom stereocenters. The van der Waals surface area contributed by atoms with E-state index in [0.717, 1.165) is 31.4 Å². The van der Waals surface area contributed by atoms with E-state index in [1.165, 1.54) is 0 Å². The van der Waals surface area contributed by atoms with Gasteiger partial charge in [0.1, 0.15) is 5.75 Å². The SMILES string of the molecule is N#CC1CCCC1NCc1ccc(O)cc1. The highest BCUT2D eigenvalue weighted by Crippen LogP contribution is 2.25. The fourth-order valence-corrected chi connectivity index (χ4v) is 2.22. The first-order valence-corrected chi connectivity index (χ1v) is 5.70. The summed E-state index contributed by atoms with van der Waals surface area (Å²) in [6.07, 6.45) is 3.26. The lowest BCUT2D eigenvalue weighted by molar-refractivity contribution is 0.462. The summed E-state index contributed by atoms with van der Waals surface area (Å²) in [5.74, 6) is 0.455. The molecule has 1 aromatic rings. The van der Waals surface area contributed by atoms with Crippen LogP contribution in [0.2, 0.25) is 0 Å². The molecule has 84 valence electrons. The van der Waals surface area contributed by atoms with Gasteiger partial charge in [0.05, 0.1) is 12.0 Å². The van der Waals surface area contributed by atoms with E-state index < -0.39 is 0 Å². The minimum absolute atomic E-state index is 0.164. The molecule has 0 aromatic heterocycles. The summed E-state index contributed by atoms with van der Waals surface area (Å²) in [6.45, 7) is 0.767. The number of nitrogens with zero attached hydrogens (tertiary/aromatic N) is 1. The molecule has 2 N–H and O–H groups in total. The first kappa shape index (κ1) is 11.0. The number of benzene rings is 1. The van der Waals surface area contributed by atoms with Crippen LogP contribution in [0.4, 0.5) is 0 Å². The molecule has 3 heteroatoms. The molecular formula is C13H16N2O. The maximum absolute atomic E-state index is 9.15. The standard InChI is InChI=1S/C13H16N2O/c14-8-11-2-1-3-13(11)15-9-10-4-6-12(16)7-5-10/h4-7,11,13,15-16H,1-3,9H2. The van der Waals surface area contributed by atoms with Crippen LogP contribution in [0.1, 0.15) is 24.8 Å². The Morgan fingerprint density at radius 1 is 1.31 bits per heavy atom. The minimum atomic E-state index is 0.164. The van der Waals surface area contributed by atoms with Crippen molar-refractivity contribution in [3.63, 3.8) is 0 Å². The van der Waals surface area contributed by atoms with E-state index in [4.69, 9.17) is 10.4 Å². The van der Waals surface area contributed by atoms with Gasteiger partial charge in [0, 0.05) is 12.6 Å². The van der Waals surface area contributed by atoms with Gasteiger partial charge in [0.15, 0.2) is 0 Å². The van der Waals surface area contributed by atoms with E-state index in [2.05, 4.69) is 11.4 Å². The van der Waals surface area contributed by atoms with Gasteiger partial charge < -0.3 is 10.4 Å². The number of aromatic hydroxyl groups is 1. The Kier molecular flexibility index (Phi) is 3.43. The molecule has 0 spiro atoms. The highest BCUT2D eigenvalue weighted by Gasteiger charge is 2.26. The molecule has 16 heavy (non-hydrogen) atoms. The summed E-state index contributed by atoms with van der Waals surface area (Å²) in [5, 5.41) is 21.5. The Hall–Kier alpha value is -1.53. The average Bonchev–Trinajstić information content (AvgIpc) is 2.76. The lowest BCUT2D eigenvalue weighted by Gasteiger charge is -2.15. The lowest BCUT2D eigenvalue weighted by Crippen LogP contribution is -2.31. The second-order valence-electron chi connectivity index (χ2n) is 4.32. The molecule has 1 aliphatic carbocycles. The molecule has 1 aliphatic rings. The quantitative estimate of drug-likeness (QED) is 0.814. The Morgan fingerprint density at radius 3 is 2.75 bits per heavy atom. The second-order valence-corrected chi connectivity index (χ2v) is 4.32. The van der Waals surface area contributed by atoms with Crippen molar-refractivity contribution in [3.8, 4) is 11.8 Å². The van der Waals surface area contributed by atoms with Crippen LogP contribution in [0.25, 0.3) is 0 Å². The molecule has 1 aromatic carbocycles. The fourth-order valence-electron chi connectivity index (χ4n) is 2.22. The van der Waals surface area contributed by atoms with E-state index in [-0.39, 0.29) is 5.92 Å². The van der Waals surface area contributed by atoms with Gasteiger partial charge in [0.2, 0.25) is 0 Å². The highest BCUT2D eigenvalue weighted by atomic mass is 16.3. The lowest BCUT2D eigenvalue weighted by atomic mass is 10.1. The Labute approximate surface area is 95.7 Å². The molecule has 0 amide bonds. The van der Waals surface area contributed by atoms with Crippen molar-refractivity contribution in [3.05, 3.63) is 29.8 Å². The third kappa shape index (κ3) is 2.53. The zero-order valence-electron chi connectivity index (χ0n) is 9.19. The van der Waals surface area contributed by atoms with Crippen molar-refractivity contribution in [1.29, 1.82) is 5.26 Å². The number of nitrogens with one attached hydrogen (secondary N) is 1. The Bertz CT molecular complexity index is 380. The molecule has 0 saturated heterocycles. The van der Waals surface area contributed by atoms with Crippen LogP contribution < -0.4 is 5.32 Å². The number of phenols is 1. The topological polar surface area (TPSA) is 56.0 Å². The first-order chi connectivity index (χ1) is 7.79. The van der Waals surface area contributed by atoms with Crippen molar-refractivity contribution in [1.82, 2.24) is 5.32 Å². The summed E-state index contributed by atoms with van der Waals surface area (Å²) in [6, 6.07) is 9.87. The van der Waals surface area contributed by atoms with Crippen molar-refractivity contribution >= 4 is 0 Å². The second kappa shape index (κ2) is 5.00. The van der Waals surface area contributed by atoms with Crippen molar-refractivity contribution in [2.45, 2.75) is 31.8 Å². The van der Waals surface area contributed by atoms with Crippen LogP contribution in [-0.2, 0) is 6.54 Å². The van der Waals surface area contributed by atoms with Gasteiger partial charge in [-0.05, 0) is 30.5 Å². The summed E-state index contributed by atoms with van der Waals surface area (Å²) >= 11 is 0. The maximum atomic E-state index is 9.15. The van der Waals surface area contributed by atoms with Crippen LogP contribution in [0, 0.1) is 17.2 Å². The molecule has 2 atom stereocenters. The van der Waals surface area contributed by atoms with Gasteiger partial charge in [-0.25, -0.2) is 0 Å². The predicted molar refractivity (Wildman–Crippen MR) is 61.7 cm³/mol. The van der Waals surface area contributed by atoms with E-state index in [1.54, 1.807) is 12.1 Å². The summed E-state index contributed by atoms with van der Waals surface area (Å²) in [4.78, 5) is 0. The highest BCUT2D eigenvalue weighted by molar-refractivity contribution is 5.25. The van der Waals surface area contributed by atoms with Crippen LogP contribution in [0.3, 0.4) is 0 Å². The molecule has 0 radical (unpaired) electrons. The van der Waals surface area contributed by atoms with E-state index in [0.29, 0.717) is 11.8 Å². The zero-order chi connectivity index (χ0) is 11.4. The average molecular weight is 216 g/mol. The Morgan fingerprint density at radius 2 is 2.06 bits per heavy atom. The molecular weight excluding hydrogens is 200 g/mol. The maximum Gasteiger partial charge on any atom is 0.115 e. The normalized spacial score (nSPS) is 24.2. The van der Waals surface area contributed by atoms with Gasteiger partial charge in [-0.15, -0.1) is 0 Å². The van der Waals surface area contributed by atoms with Gasteiger partial charge >= 0.3 is 0 Å². The molecule has 0 aliphatic heterocycles. The van der Waals surface area contributed by atoms with E-state index in [1.807, 2.05) is 12.1 Å². The Balaban J connectivity index is 1.88. The summed E-state index contributed by atoms with van der Waals surface area (Å²) in [5.41, 5.74) is 1.14.